The van der Waals surface area contributed by atoms with E-state index in [0.29, 0.717) is 12.8 Å². The number of hydrogen-bond donors (Lipinski definition) is 0. The smallest absolute Gasteiger partial charge is 0.305 e. The summed E-state index contributed by atoms with van der Waals surface area (Å²) in [5.74, 6) is 0.762. The average Bonchev–Trinajstić information content (AvgIpc) is 2.80. The Balaban J connectivity index is 1.71. The zero-order valence-corrected chi connectivity index (χ0v) is 12.6. The largest absolute Gasteiger partial charge is 0.486 e. The summed E-state index contributed by atoms with van der Waals surface area (Å²) in [7, 11) is 1.43. The van der Waals surface area contributed by atoms with Crippen LogP contribution >= 0.6 is 0 Å². The van der Waals surface area contributed by atoms with Crippen molar-refractivity contribution in [2.75, 3.05) is 26.7 Å². The number of rotatable bonds is 5. The van der Waals surface area contributed by atoms with E-state index in [2.05, 4.69) is 4.90 Å². The molecule has 0 aromatic heterocycles. The Hall–Kier alpha value is -1.55. The van der Waals surface area contributed by atoms with Gasteiger partial charge in [-0.25, -0.2) is 0 Å². The second kappa shape index (κ2) is 6.06. The summed E-state index contributed by atoms with van der Waals surface area (Å²) >= 11 is 0. The number of carbonyl (C=O) groups excluding carboxylic acids is 1. The number of esters is 1. The van der Waals surface area contributed by atoms with Gasteiger partial charge < -0.3 is 9.47 Å². The van der Waals surface area contributed by atoms with E-state index in [1.165, 1.54) is 20.1 Å². The van der Waals surface area contributed by atoms with Crippen molar-refractivity contribution >= 4 is 5.97 Å². The van der Waals surface area contributed by atoms with E-state index in [1.54, 1.807) is 0 Å². The van der Waals surface area contributed by atoms with Crippen LogP contribution in [0, 0.1) is 0 Å². The molecule has 2 fully saturated rings. The molecule has 0 radical (unpaired) electrons. The molecular formula is C17H23NO3. The monoisotopic (exact) mass is 289 g/mol. The van der Waals surface area contributed by atoms with Gasteiger partial charge in [-0.2, -0.15) is 0 Å². The Bertz CT molecular complexity index is 513. The van der Waals surface area contributed by atoms with E-state index in [0.717, 1.165) is 37.2 Å². The van der Waals surface area contributed by atoms with Crippen LogP contribution in [-0.2, 0) is 16.0 Å². The fourth-order valence-electron chi connectivity index (χ4n) is 3.46. The topological polar surface area (TPSA) is 38.8 Å². The molecule has 2 unspecified atom stereocenters. The first-order valence-corrected chi connectivity index (χ1v) is 7.77. The van der Waals surface area contributed by atoms with Crippen molar-refractivity contribution in [2.45, 2.75) is 37.7 Å². The number of nitrogens with zero attached hydrogens (tertiary/aromatic N) is 1. The van der Waals surface area contributed by atoms with Crippen molar-refractivity contribution in [1.82, 2.24) is 4.90 Å². The summed E-state index contributed by atoms with van der Waals surface area (Å²) in [5, 5.41) is 0. The third-order valence-corrected chi connectivity index (χ3v) is 4.63. The lowest BCUT2D eigenvalue weighted by Gasteiger charge is -2.35. The maximum absolute atomic E-state index is 11.3. The lowest BCUT2D eigenvalue weighted by atomic mass is 9.94. The zero-order chi connectivity index (χ0) is 14.7. The van der Waals surface area contributed by atoms with Crippen LogP contribution in [0.25, 0.3) is 0 Å². The van der Waals surface area contributed by atoms with Gasteiger partial charge in [0, 0.05) is 25.9 Å². The van der Waals surface area contributed by atoms with Gasteiger partial charge in [0.05, 0.1) is 7.11 Å². The summed E-state index contributed by atoms with van der Waals surface area (Å²) in [6, 6.07) is 8.07. The Kier molecular flexibility index (Phi) is 4.15. The molecule has 0 N–H and O–H groups in total. The third-order valence-electron chi connectivity index (χ3n) is 4.63. The lowest BCUT2D eigenvalue weighted by Crippen LogP contribution is -2.43. The highest BCUT2D eigenvalue weighted by molar-refractivity contribution is 5.69. The van der Waals surface area contributed by atoms with Gasteiger partial charge in [-0.3, -0.25) is 9.69 Å². The van der Waals surface area contributed by atoms with Gasteiger partial charge in [-0.1, -0.05) is 18.2 Å². The van der Waals surface area contributed by atoms with E-state index < -0.39 is 0 Å². The first kappa shape index (κ1) is 14.4. The number of aryl methyl sites for hydroxylation is 1. The molecule has 1 aromatic carbocycles. The fraction of sp³-hybridized carbons (Fsp3) is 0.588. The van der Waals surface area contributed by atoms with Gasteiger partial charge in [0.1, 0.15) is 11.4 Å². The minimum atomic E-state index is -0.173. The number of carbonyl (C=O) groups is 1. The normalized spacial score (nSPS) is 27.4. The lowest BCUT2D eigenvalue weighted by molar-refractivity contribution is -0.140. The predicted octanol–water partition coefficient (Wildman–Crippen LogP) is 2.41. The quantitative estimate of drug-likeness (QED) is 0.780. The molecule has 0 spiro atoms. The minimum Gasteiger partial charge on any atom is -0.486 e. The summed E-state index contributed by atoms with van der Waals surface area (Å²) in [6.45, 7) is 3.39. The molecule has 4 nitrogen and oxygen atoms in total. The number of piperidine rings is 1. The molecule has 2 aliphatic heterocycles. The molecule has 3 rings (SSSR count). The second-order valence-electron chi connectivity index (χ2n) is 6.10. The SMILES string of the molecule is COC(=O)CCc1ccccc1OC12CCCN(CC1)C2. The van der Waals surface area contributed by atoms with E-state index in [9.17, 15) is 4.79 Å². The highest BCUT2D eigenvalue weighted by Gasteiger charge is 2.43. The molecule has 4 heteroatoms. The Morgan fingerprint density at radius 2 is 2.14 bits per heavy atom. The van der Waals surface area contributed by atoms with E-state index in [1.807, 2.05) is 24.3 Å². The molecule has 0 amide bonds. The summed E-state index contributed by atoms with van der Waals surface area (Å²) < 4.78 is 11.2. The molecule has 2 aliphatic rings. The predicted molar refractivity (Wildman–Crippen MR) is 80.4 cm³/mol. The maximum Gasteiger partial charge on any atom is 0.305 e. The van der Waals surface area contributed by atoms with Gasteiger partial charge >= 0.3 is 5.97 Å². The van der Waals surface area contributed by atoms with Crippen LogP contribution in [0.15, 0.2) is 24.3 Å². The first-order chi connectivity index (χ1) is 10.2. The number of methoxy groups -OCH3 is 1. The van der Waals surface area contributed by atoms with Gasteiger partial charge in [0.2, 0.25) is 0 Å². The van der Waals surface area contributed by atoms with Crippen LogP contribution in [0.5, 0.6) is 5.75 Å². The van der Waals surface area contributed by atoms with Gasteiger partial charge in [-0.05, 0) is 37.4 Å². The van der Waals surface area contributed by atoms with Crippen LogP contribution in [0.3, 0.4) is 0 Å². The van der Waals surface area contributed by atoms with Gasteiger partial charge in [0.25, 0.3) is 0 Å². The molecule has 2 atom stereocenters. The van der Waals surface area contributed by atoms with Crippen molar-refractivity contribution in [3.05, 3.63) is 29.8 Å². The first-order valence-electron chi connectivity index (χ1n) is 7.77. The Morgan fingerprint density at radius 1 is 1.29 bits per heavy atom. The number of benzene rings is 1. The standard InChI is InChI=1S/C17H23NO3/c1-20-16(19)8-7-14-5-2-3-6-15(14)21-17-9-4-11-18(13-17)12-10-17/h2-3,5-6H,4,7-13H2,1H3. The van der Waals surface area contributed by atoms with E-state index >= 15 is 0 Å². The molecular weight excluding hydrogens is 266 g/mol. The third kappa shape index (κ3) is 3.21. The Labute approximate surface area is 126 Å². The zero-order valence-electron chi connectivity index (χ0n) is 12.6. The summed E-state index contributed by atoms with van der Waals surface area (Å²) in [4.78, 5) is 13.8. The number of para-hydroxylation sites is 1. The van der Waals surface area contributed by atoms with Crippen LogP contribution in [0.4, 0.5) is 0 Å². The molecule has 2 heterocycles. The summed E-state index contributed by atoms with van der Waals surface area (Å²) in [6.07, 6.45) is 4.52. The van der Waals surface area contributed by atoms with Crippen molar-refractivity contribution in [3.63, 3.8) is 0 Å². The average molecular weight is 289 g/mol. The molecule has 0 aliphatic carbocycles. The maximum atomic E-state index is 11.3. The number of hydrogen-bond acceptors (Lipinski definition) is 4. The van der Waals surface area contributed by atoms with Crippen molar-refractivity contribution in [3.8, 4) is 5.75 Å². The van der Waals surface area contributed by atoms with Gasteiger partial charge in [0.15, 0.2) is 0 Å². The van der Waals surface area contributed by atoms with Crippen molar-refractivity contribution in [2.24, 2.45) is 0 Å². The second-order valence-corrected chi connectivity index (χ2v) is 6.10. The van der Waals surface area contributed by atoms with Crippen LogP contribution in [-0.4, -0.2) is 43.2 Å². The van der Waals surface area contributed by atoms with E-state index in [4.69, 9.17) is 9.47 Å². The van der Waals surface area contributed by atoms with Crippen LogP contribution < -0.4 is 4.74 Å². The van der Waals surface area contributed by atoms with Crippen LogP contribution in [0.1, 0.15) is 31.2 Å². The van der Waals surface area contributed by atoms with E-state index in [-0.39, 0.29) is 11.6 Å². The number of fused-ring (bicyclic) bond motifs is 2. The molecule has 1 aromatic rings. The minimum absolute atomic E-state index is 0.0143. The van der Waals surface area contributed by atoms with Crippen molar-refractivity contribution in [1.29, 1.82) is 0 Å². The fourth-order valence-corrected chi connectivity index (χ4v) is 3.46. The molecule has 0 saturated carbocycles. The Morgan fingerprint density at radius 3 is 3.00 bits per heavy atom. The highest BCUT2D eigenvalue weighted by Crippen LogP contribution is 2.36. The highest BCUT2D eigenvalue weighted by atomic mass is 16.5. The molecule has 21 heavy (non-hydrogen) atoms. The number of ether oxygens (including phenoxy) is 2. The van der Waals surface area contributed by atoms with Crippen LogP contribution in [0.2, 0.25) is 0 Å². The summed E-state index contributed by atoms with van der Waals surface area (Å²) in [5.41, 5.74) is 1.08. The molecule has 114 valence electrons. The molecule has 2 saturated heterocycles. The molecule has 2 bridgehead atoms. The van der Waals surface area contributed by atoms with Gasteiger partial charge in [-0.15, -0.1) is 0 Å². The van der Waals surface area contributed by atoms with Crippen molar-refractivity contribution < 1.29 is 14.3 Å².